The summed E-state index contributed by atoms with van der Waals surface area (Å²) in [6, 6.07) is 4.09. The van der Waals surface area contributed by atoms with Crippen LogP contribution in [0, 0.1) is 0 Å². The maximum Gasteiger partial charge on any atom is 0.219 e. The molecule has 7 heteroatoms. The zero-order valence-corrected chi connectivity index (χ0v) is 15.5. The first kappa shape index (κ1) is 17.1. The fourth-order valence-electron chi connectivity index (χ4n) is 2.88. The van der Waals surface area contributed by atoms with Crippen LogP contribution in [0.3, 0.4) is 0 Å². The Morgan fingerprint density at radius 3 is 2.96 bits per heavy atom. The van der Waals surface area contributed by atoms with Crippen LogP contribution in [-0.2, 0) is 16.1 Å². The van der Waals surface area contributed by atoms with Crippen molar-refractivity contribution >= 4 is 34.5 Å². The van der Waals surface area contributed by atoms with Crippen molar-refractivity contribution in [3.05, 3.63) is 27.4 Å². The van der Waals surface area contributed by atoms with Gasteiger partial charge >= 0.3 is 0 Å². The van der Waals surface area contributed by atoms with E-state index in [-0.39, 0.29) is 11.8 Å². The molecule has 2 aromatic rings. The van der Waals surface area contributed by atoms with Crippen molar-refractivity contribution in [2.75, 3.05) is 13.1 Å². The number of amides is 2. The van der Waals surface area contributed by atoms with Crippen LogP contribution in [0.2, 0.25) is 0 Å². The summed E-state index contributed by atoms with van der Waals surface area (Å²) in [6.45, 7) is 5.36. The van der Waals surface area contributed by atoms with E-state index in [0.717, 1.165) is 46.4 Å². The van der Waals surface area contributed by atoms with Crippen LogP contribution in [0.25, 0.3) is 10.6 Å². The summed E-state index contributed by atoms with van der Waals surface area (Å²) in [5.74, 6) is 0.478. The number of carbonyl (C=O) groups excluding carboxylic acids is 2. The van der Waals surface area contributed by atoms with E-state index < -0.39 is 0 Å². The molecule has 0 bridgehead atoms. The Morgan fingerprint density at radius 1 is 1.38 bits per heavy atom. The number of aromatic nitrogens is 1. The molecule has 0 aromatic carbocycles. The Bertz CT molecular complexity index is 738. The molecule has 2 aromatic heterocycles. The van der Waals surface area contributed by atoms with Crippen molar-refractivity contribution < 1.29 is 9.59 Å². The maximum atomic E-state index is 11.6. The van der Waals surface area contributed by atoms with Gasteiger partial charge in [0, 0.05) is 43.1 Å². The highest BCUT2D eigenvalue weighted by Crippen LogP contribution is 2.34. The summed E-state index contributed by atoms with van der Waals surface area (Å²) < 4.78 is 0. The molecule has 0 saturated carbocycles. The first-order valence-electron chi connectivity index (χ1n) is 8.07. The van der Waals surface area contributed by atoms with Gasteiger partial charge in [-0.15, -0.1) is 22.7 Å². The van der Waals surface area contributed by atoms with Crippen LogP contribution in [0.4, 0.5) is 0 Å². The molecule has 1 N–H and O–H groups in total. The number of hydrogen-bond donors (Lipinski definition) is 1. The summed E-state index contributed by atoms with van der Waals surface area (Å²) in [6.07, 6.45) is 2.13. The lowest BCUT2D eigenvalue weighted by molar-refractivity contribution is -0.130. The molecule has 2 amide bonds. The minimum absolute atomic E-state index is 0.0202. The second-order valence-corrected chi connectivity index (χ2v) is 8.11. The molecule has 0 radical (unpaired) electrons. The number of thiazole rings is 1. The Hall–Kier alpha value is -1.73. The molecule has 5 nitrogen and oxygen atoms in total. The van der Waals surface area contributed by atoms with Crippen molar-refractivity contribution in [2.45, 2.75) is 39.2 Å². The van der Waals surface area contributed by atoms with Crippen LogP contribution in [-0.4, -0.2) is 34.8 Å². The molecule has 1 unspecified atom stereocenters. The van der Waals surface area contributed by atoms with E-state index >= 15 is 0 Å². The summed E-state index contributed by atoms with van der Waals surface area (Å²) in [5, 5.41) is 6.03. The van der Waals surface area contributed by atoms with Crippen LogP contribution >= 0.6 is 22.7 Å². The van der Waals surface area contributed by atoms with E-state index in [4.69, 9.17) is 4.98 Å². The highest BCUT2D eigenvalue weighted by atomic mass is 32.1. The molecule has 3 rings (SSSR count). The van der Waals surface area contributed by atoms with Crippen LogP contribution in [0.5, 0.6) is 0 Å². The maximum absolute atomic E-state index is 11.6. The lowest BCUT2D eigenvalue weighted by Gasteiger charge is -2.30. The quantitative estimate of drug-likeness (QED) is 0.907. The SMILES string of the molecule is CC(=O)NCc1ccc(-c2csc(C3CCCN(C(C)=O)C3)n2)s1. The molecular formula is C17H21N3O2S2. The van der Waals surface area contributed by atoms with Crippen molar-refractivity contribution in [1.82, 2.24) is 15.2 Å². The van der Waals surface area contributed by atoms with Gasteiger partial charge in [-0.2, -0.15) is 0 Å². The van der Waals surface area contributed by atoms with Gasteiger partial charge in [-0.3, -0.25) is 9.59 Å². The molecule has 1 atom stereocenters. The summed E-state index contributed by atoms with van der Waals surface area (Å²) in [7, 11) is 0. The fourth-order valence-corrected chi connectivity index (χ4v) is 4.81. The molecule has 1 saturated heterocycles. The number of carbonyl (C=O) groups is 2. The van der Waals surface area contributed by atoms with Crippen molar-refractivity contribution in [2.24, 2.45) is 0 Å². The van der Waals surface area contributed by atoms with Crippen LogP contribution < -0.4 is 5.32 Å². The van der Waals surface area contributed by atoms with E-state index in [2.05, 4.69) is 16.8 Å². The van der Waals surface area contributed by atoms with E-state index in [1.165, 1.54) is 6.92 Å². The van der Waals surface area contributed by atoms with Gasteiger partial charge in [0.2, 0.25) is 11.8 Å². The fraction of sp³-hybridized carbons (Fsp3) is 0.471. The standard InChI is InChI=1S/C17H21N3O2S2/c1-11(21)18-8-14-5-6-16(24-14)15-10-23-17(19-15)13-4-3-7-20(9-13)12(2)22/h5-6,10,13H,3-4,7-9H2,1-2H3,(H,18,21). The Labute approximate surface area is 149 Å². The Morgan fingerprint density at radius 2 is 2.21 bits per heavy atom. The van der Waals surface area contributed by atoms with Gasteiger partial charge in [0.05, 0.1) is 22.1 Å². The van der Waals surface area contributed by atoms with Gasteiger partial charge < -0.3 is 10.2 Å². The molecule has 1 fully saturated rings. The monoisotopic (exact) mass is 363 g/mol. The zero-order chi connectivity index (χ0) is 17.1. The van der Waals surface area contributed by atoms with E-state index in [9.17, 15) is 9.59 Å². The molecule has 1 aliphatic rings. The van der Waals surface area contributed by atoms with Gasteiger partial charge in [-0.1, -0.05) is 0 Å². The summed E-state index contributed by atoms with van der Waals surface area (Å²) >= 11 is 3.34. The third-order valence-electron chi connectivity index (χ3n) is 4.16. The molecule has 1 aliphatic heterocycles. The van der Waals surface area contributed by atoms with Gasteiger partial charge in [-0.25, -0.2) is 4.98 Å². The van der Waals surface area contributed by atoms with Gasteiger partial charge in [0.15, 0.2) is 0 Å². The normalized spacial score (nSPS) is 17.8. The number of hydrogen-bond acceptors (Lipinski definition) is 5. The number of nitrogens with one attached hydrogen (secondary N) is 1. The average Bonchev–Trinajstić information content (AvgIpc) is 3.22. The minimum atomic E-state index is -0.0202. The molecule has 0 aliphatic carbocycles. The predicted molar refractivity (Wildman–Crippen MR) is 97.2 cm³/mol. The molecule has 24 heavy (non-hydrogen) atoms. The lowest BCUT2D eigenvalue weighted by atomic mass is 9.99. The van der Waals surface area contributed by atoms with E-state index in [1.54, 1.807) is 29.6 Å². The first-order chi connectivity index (χ1) is 11.5. The number of likely N-dealkylation sites (tertiary alicyclic amines) is 1. The Kier molecular flexibility index (Phi) is 5.30. The van der Waals surface area contributed by atoms with Crippen LogP contribution in [0.1, 0.15) is 42.5 Å². The first-order valence-corrected chi connectivity index (χ1v) is 9.77. The smallest absolute Gasteiger partial charge is 0.219 e. The highest BCUT2D eigenvalue weighted by Gasteiger charge is 2.25. The third kappa shape index (κ3) is 4.02. The number of thiophene rings is 1. The second-order valence-electron chi connectivity index (χ2n) is 6.05. The average molecular weight is 364 g/mol. The minimum Gasteiger partial charge on any atom is -0.351 e. The second kappa shape index (κ2) is 7.44. The largest absolute Gasteiger partial charge is 0.351 e. The number of nitrogens with zero attached hydrogens (tertiary/aromatic N) is 2. The number of piperidine rings is 1. The molecule has 0 spiro atoms. The van der Waals surface area contributed by atoms with Gasteiger partial charge in [-0.05, 0) is 25.0 Å². The molecular weight excluding hydrogens is 342 g/mol. The Balaban J connectivity index is 1.69. The lowest BCUT2D eigenvalue weighted by Crippen LogP contribution is -2.37. The molecule has 128 valence electrons. The van der Waals surface area contributed by atoms with E-state index in [0.29, 0.717) is 12.5 Å². The van der Waals surface area contributed by atoms with Crippen LogP contribution in [0.15, 0.2) is 17.5 Å². The van der Waals surface area contributed by atoms with E-state index in [1.807, 2.05) is 11.0 Å². The third-order valence-corrected chi connectivity index (χ3v) is 6.28. The number of rotatable bonds is 4. The van der Waals surface area contributed by atoms with Crippen molar-refractivity contribution in [3.8, 4) is 10.6 Å². The van der Waals surface area contributed by atoms with Gasteiger partial charge in [0.25, 0.3) is 0 Å². The van der Waals surface area contributed by atoms with Crippen molar-refractivity contribution in [1.29, 1.82) is 0 Å². The summed E-state index contributed by atoms with van der Waals surface area (Å²) in [4.78, 5) is 31.6. The summed E-state index contributed by atoms with van der Waals surface area (Å²) in [5.41, 5.74) is 0.994. The predicted octanol–water partition coefficient (Wildman–Crippen LogP) is 3.23. The van der Waals surface area contributed by atoms with Gasteiger partial charge in [0.1, 0.15) is 0 Å². The topological polar surface area (TPSA) is 62.3 Å². The van der Waals surface area contributed by atoms with Crippen molar-refractivity contribution in [3.63, 3.8) is 0 Å². The highest BCUT2D eigenvalue weighted by molar-refractivity contribution is 7.16. The zero-order valence-electron chi connectivity index (χ0n) is 13.9. The molecule has 3 heterocycles.